The van der Waals surface area contributed by atoms with E-state index in [1.54, 1.807) is 60.4 Å². The van der Waals surface area contributed by atoms with Gasteiger partial charge in [-0.05, 0) is 72.0 Å². The van der Waals surface area contributed by atoms with Gasteiger partial charge in [0.25, 0.3) is 11.8 Å². The lowest BCUT2D eigenvalue weighted by Crippen LogP contribution is -2.34. The fourth-order valence-corrected chi connectivity index (χ4v) is 7.89. The molecule has 0 saturated heterocycles. The first-order chi connectivity index (χ1) is 26.2. The summed E-state index contributed by atoms with van der Waals surface area (Å²) in [6.07, 6.45) is 2.12. The van der Waals surface area contributed by atoms with Crippen LogP contribution in [0.2, 0.25) is 0 Å². The van der Waals surface area contributed by atoms with E-state index in [9.17, 15) is 24.0 Å². The number of hydrogen-bond acceptors (Lipinski definition) is 8. The van der Waals surface area contributed by atoms with Crippen molar-refractivity contribution in [3.8, 4) is 11.1 Å². The SMILES string of the molecule is CCOC(=O)c1c(NC(=O)CSc2cccc(NC(=O)/C(=C\c3ccc(-c4ccccc4)cc3)NC(=O)c3ccccc3)c2)sc2c1CCN(C(C)=O)C2. The molecule has 4 aromatic carbocycles. The molecule has 3 N–H and O–H groups in total. The lowest BCUT2D eigenvalue weighted by Gasteiger charge is -2.25. The predicted octanol–water partition coefficient (Wildman–Crippen LogP) is 7.64. The zero-order valence-corrected chi connectivity index (χ0v) is 31.4. The second kappa shape index (κ2) is 17.7. The number of fused-ring (bicyclic) bond motifs is 1. The van der Waals surface area contributed by atoms with Crippen molar-refractivity contribution in [2.75, 3.05) is 29.5 Å². The van der Waals surface area contributed by atoms with Gasteiger partial charge in [0, 0.05) is 34.5 Å². The molecule has 12 heteroatoms. The quantitative estimate of drug-likeness (QED) is 0.0677. The molecule has 54 heavy (non-hydrogen) atoms. The predicted molar refractivity (Wildman–Crippen MR) is 213 cm³/mol. The summed E-state index contributed by atoms with van der Waals surface area (Å²) in [4.78, 5) is 68.3. The molecule has 274 valence electrons. The van der Waals surface area contributed by atoms with Crippen molar-refractivity contribution in [3.05, 3.63) is 142 Å². The maximum absolute atomic E-state index is 13.7. The lowest BCUT2D eigenvalue weighted by atomic mass is 10.0. The van der Waals surface area contributed by atoms with Gasteiger partial charge >= 0.3 is 5.97 Å². The minimum Gasteiger partial charge on any atom is -0.462 e. The Balaban J connectivity index is 1.14. The Labute approximate surface area is 321 Å². The molecule has 0 radical (unpaired) electrons. The second-order valence-electron chi connectivity index (χ2n) is 12.3. The lowest BCUT2D eigenvalue weighted by molar-refractivity contribution is -0.129. The number of esters is 1. The van der Waals surface area contributed by atoms with Crippen LogP contribution in [0.1, 0.15) is 50.6 Å². The number of carbonyl (C=O) groups is 5. The van der Waals surface area contributed by atoms with Crippen molar-refractivity contribution in [3.63, 3.8) is 0 Å². The molecular formula is C42H38N4O6S2. The van der Waals surface area contributed by atoms with Gasteiger partial charge < -0.3 is 25.6 Å². The van der Waals surface area contributed by atoms with E-state index in [2.05, 4.69) is 16.0 Å². The third-order valence-corrected chi connectivity index (χ3v) is 10.7. The second-order valence-corrected chi connectivity index (χ2v) is 14.5. The number of anilines is 2. The first-order valence-electron chi connectivity index (χ1n) is 17.3. The van der Waals surface area contributed by atoms with Crippen LogP contribution in [0.4, 0.5) is 10.7 Å². The summed E-state index contributed by atoms with van der Waals surface area (Å²) < 4.78 is 5.31. The number of ether oxygens (including phenoxy) is 1. The van der Waals surface area contributed by atoms with E-state index >= 15 is 0 Å². The molecule has 10 nitrogen and oxygen atoms in total. The Bertz CT molecular complexity index is 2200. The van der Waals surface area contributed by atoms with Gasteiger partial charge in [-0.1, -0.05) is 78.9 Å². The third-order valence-electron chi connectivity index (χ3n) is 8.55. The summed E-state index contributed by atoms with van der Waals surface area (Å²) in [6.45, 7) is 4.29. The van der Waals surface area contributed by atoms with Gasteiger partial charge in [0.2, 0.25) is 11.8 Å². The topological polar surface area (TPSA) is 134 Å². The largest absolute Gasteiger partial charge is 0.462 e. The Hall–Kier alpha value is -5.98. The highest BCUT2D eigenvalue weighted by Crippen LogP contribution is 2.38. The van der Waals surface area contributed by atoms with Gasteiger partial charge in [-0.2, -0.15) is 0 Å². The van der Waals surface area contributed by atoms with Crippen LogP contribution in [0, 0.1) is 0 Å². The maximum atomic E-state index is 13.7. The van der Waals surface area contributed by atoms with E-state index in [0.717, 1.165) is 27.1 Å². The van der Waals surface area contributed by atoms with Gasteiger partial charge in [0.15, 0.2) is 0 Å². The van der Waals surface area contributed by atoms with Crippen molar-refractivity contribution in [2.24, 2.45) is 0 Å². The van der Waals surface area contributed by atoms with Crippen LogP contribution in [-0.2, 0) is 32.1 Å². The highest BCUT2D eigenvalue weighted by molar-refractivity contribution is 8.00. The summed E-state index contributed by atoms with van der Waals surface area (Å²) in [5, 5.41) is 8.95. The molecule has 0 bridgehead atoms. The Morgan fingerprint density at radius 2 is 1.56 bits per heavy atom. The van der Waals surface area contributed by atoms with Gasteiger partial charge in [0.05, 0.1) is 24.5 Å². The van der Waals surface area contributed by atoms with Crippen LogP contribution < -0.4 is 16.0 Å². The van der Waals surface area contributed by atoms with Crippen LogP contribution >= 0.6 is 23.1 Å². The van der Waals surface area contributed by atoms with E-state index < -0.39 is 17.8 Å². The number of rotatable bonds is 12. The van der Waals surface area contributed by atoms with Gasteiger partial charge in [0.1, 0.15) is 10.7 Å². The van der Waals surface area contributed by atoms with Crippen LogP contribution in [0.25, 0.3) is 17.2 Å². The molecule has 2 heterocycles. The van der Waals surface area contributed by atoms with Crippen molar-refractivity contribution in [1.29, 1.82) is 0 Å². The van der Waals surface area contributed by atoms with Crippen LogP contribution in [0.5, 0.6) is 0 Å². The number of nitrogens with one attached hydrogen (secondary N) is 3. The van der Waals surface area contributed by atoms with E-state index in [-0.39, 0.29) is 29.9 Å². The number of benzene rings is 4. The summed E-state index contributed by atoms with van der Waals surface area (Å²) >= 11 is 2.54. The Morgan fingerprint density at radius 1 is 0.852 bits per heavy atom. The van der Waals surface area contributed by atoms with E-state index in [4.69, 9.17) is 4.74 Å². The van der Waals surface area contributed by atoms with Gasteiger partial charge in [-0.3, -0.25) is 19.2 Å². The molecule has 0 saturated carbocycles. The molecule has 0 spiro atoms. The monoisotopic (exact) mass is 758 g/mol. The maximum Gasteiger partial charge on any atom is 0.341 e. The fourth-order valence-electron chi connectivity index (χ4n) is 5.86. The molecular weight excluding hydrogens is 721 g/mol. The summed E-state index contributed by atoms with van der Waals surface area (Å²) in [6, 6.07) is 33.3. The van der Waals surface area contributed by atoms with Crippen molar-refractivity contribution < 1.29 is 28.7 Å². The molecule has 6 rings (SSSR count). The number of hydrogen-bond donors (Lipinski definition) is 3. The zero-order chi connectivity index (χ0) is 38.0. The van der Waals surface area contributed by atoms with Crippen molar-refractivity contribution >= 4 is 69.5 Å². The van der Waals surface area contributed by atoms with E-state index in [1.165, 1.54) is 30.0 Å². The molecule has 5 aromatic rings. The minimum atomic E-state index is -0.525. The highest BCUT2D eigenvalue weighted by Gasteiger charge is 2.30. The number of amides is 4. The minimum absolute atomic E-state index is 0.0269. The average molecular weight is 759 g/mol. The first-order valence-corrected chi connectivity index (χ1v) is 19.1. The van der Waals surface area contributed by atoms with Crippen LogP contribution in [0.3, 0.4) is 0 Å². The smallest absolute Gasteiger partial charge is 0.341 e. The number of carbonyl (C=O) groups excluding carboxylic acids is 5. The van der Waals surface area contributed by atoms with Gasteiger partial charge in [-0.25, -0.2) is 4.79 Å². The normalized spacial score (nSPS) is 12.3. The number of thioether (sulfide) groups is 1. The van der Waals surface area contributed by atoms with Crippen LogP contribution in [0.15, 0.2) is 120 Å². The average Bonchev–Trinajstić information content (AvgIpc) is 3.55. The van der Waals surface area contributed by atoms with Crippen LogP contribution in [-0.4, -0.2) is 53.4 Å². The molecule has 1 aromatic heterocycles. The fraction of sp³-hybridized carbons (Fsp3) is 0.167. The first kappa shape index (κ1) is 37.8. The molecule has 1 aliphatic heterocycles. The third kappa shape index (κ3) is 9.51. The summed E-state index contributed by atoms with van der Waals surface area (Å²) in [5.74, 6) is -1.81. The van der Waals surface area contributed by atoms with Gasteiger partial charge in [-0.15, -0.1) is 23.1 Å². The van der Waals surface area contributed by atoms with E-state index in [0.29, 0.717) is 46.2 Å². The molecule has 0 atom stereocenters. The standard InChI is InChI=1S/C42H38N4O6S2/c1-3-52-42(51)38-34-21-22-46(27(2)47)25-36(34)54-41(38)45-37(48)26-53-33-16-10-15-32(24-33)43-40(50)35(44-39(49)31-13-8-5-9-14-31)23-28-17-19-30(20-18-28)29-11-6-4-7-12-29/h4-20,23-24H,3,21-22,25-26H2,1-2H3,(H,43,50)(H,44,49)(H,45,48)/b35-23+. The number of nitrogens with zero attached hydrogens (tertiary/aromatic N) is 1. The molecule has 4 amide bonds. The zero-order valence-electron chi connectivity index (χ0n) is 29.7. The molecule has 0 fully saturated rings. The highest BCUT2D eigenvalue weighted by atomic mass is 32.2. The van der Waals surface area contributed by atoms with E-state index in [1.807, 2.05) is 66.7 Å². The van der Waals surface area contributed by atoms with Crippen molar-refractivity contribution in [2.45, 2.75) is 31.7 Å². The number of thiophene rings is 1. The molecule has 0 aliphatic carbocycles. The Kier molecular flexibility index (Phi) is 12.4. The molecule has 1 aliphatic rings. The molecule has 0 unspecified atom stereocenters. The summed E-state index contributed by atoms with van der Waals surface area (Å²) in [5.41, 5.74) is 4.88. The summed E-state index contributed by atoms with van der Waals surface area (Å²) in [7, 11) is 0. The van der Waals surface area contributed by atoms with Crippen molar-refractivity contribution in [1.82, 2.24) is 10.2 Å². The Morgan fingerprint density at radius 3 is 2.26 bits per heavy atom.